The van der Waals surface area contributed by atoms with Crippen LogP contribution in [0.4, 0.5) is 11.4 Å². The van der Waals surface area contributed by atoms with Crippen LogP contribution in [-0.2, 0) is 14.4 Å². The summed E-state index contributed by atoms with van der Waals surface area (Å²) in [6, 6.07) is 27.4. The molecule has 0 unspecified atom stereocenters. The summed E-state index contributed by atoms with van der Waals surface area (Å²) in [5.41, 5.74) is 1.95. The lowest BCUT2D eigenvalue weighted by atomic mass is 9.79. The molecule has 3 aromatic carbocycles. The van der Waals surface area contributed by atoms with E-state index in [1.807, 2.05) is 66.7 Å². The van der Waals surface area contributed by atoms with Crippen molar-refractivity contribution in [3.8, 4) is 0 Å². The number of para-hydroxylation sites is 2. The van der Waals surface area contributed by atoms with Crippen LogP contribution in [0.3, 0.4) is 0 Å². The summed E-state index contributed by atoms with van der Waals surface area (Å²) in [7, 11) is 0. The first-order chi connectivity index (χ1) is 14.5. The van der Waals surface area contributed by atoms with Crippen LogP contribution in [0.2, 0.25) is 0 Å². The molecule has 0 spiro atoms. The Morgan fingerprint density at radius 1 is 0.733 bits per heavy atom. The molecule has 0 aromatic heterocycles. The molecule has 0 fully saturated rings. The fraction of sp³-hybridized carbons (Fsp3) is 0.192. The normalized spacial score (nSPS) is 12.8. The summed E-state index contributed by atoms with van der Waals surface area (Å²) in [5, 5.41) is 0. The topological polar surface area (TPSA) is 54.5 Å². The number of rotatable bonds is 8. The molecule has 3 aromatic rings. The van der Waals surface area contributed by atoms with Crippen molar-refractivity contribution in [1.29, 1.82) is 0 Å². The van der Waals surface area contributed by atoms with Gasteiger partial charge in [0.15, 0.2) is 0 Å². The molecular formula is C26H25NO3. The first kappa shape index (κ1) is 21.2. The summed E-state index contributed by atoms with van der Waals surface area (Å²) in [6.07, 6.45) is 0.715. The van der Waals surface area contributed by atoms with Crippen molar-refractivity contribution >= 4 is 29.4 Å². The Labute approximate surface area is 177 Å². The maximum Gasteiger partial charge on any atom is 0.243 e. The number of aldehydes is 1. The van der Waals surface area contributed by atoms with Gasteiger partial charge in [-0.2, -0.15) is 0 Å². The number of anilines is 2. The zero-order chi connectivity index (χ0) is 21.5. The number of hydrogen-bond donors (Lipinski definition) is 0. The smallest absolute Gasteiger partial charge is 0.243 e. The van der Waals surface area contributed by atoms with Crippen molar-refractivity contribution in [2.75, 3.05) is 4.90 Å². The number of benzene rings is 3. The molecule has 4 heteroatoms. The van der Waals surface area contributed by atoms with Gasteiger partial charge in [0.05, 0.1) is 5.92 Å². The van der Waals surface area contributed by atoms with Crippen molar-refractivity contribution < 1.29 is 14.4 Å². The fourth-order valence-electron chi connectivity index (χ4n) is 3.53. The Morgan fingerprint density at radius 2 is 1.17 bits per heavy atom. The average molecular weight is 399 g/mol. The molecule has 0 aliphatic carbocycles. The highest BCUT2D eigenvalue weighted by Gasteiger charge is 2.40. The largest absolute Gasteiger partial charge is 0.303 e. The lowest BCUT2D eigenvalue weighted by Gasteiger charge is -2.30. The van der Waals surface area contributed by atoms with E-state index < -0.39 is 23.7 Å². The van der Waals surface area contributed by atoms with Gasteiger partial charge in [0.1, 0.15) is 18.0 Å². The predicted octanol–water partition coefficient (Wildman–Crippen LogP) is 5.18. The van der Waals surface area contributed by atoms with E-state index in [0.29, 0.717) is 23.2 Å². The maximum atomic E-state index is 13.9. The Balaban J connectivity index is 2.14. The molecule has 30 heavy (non-hydrogen) atoms. The molecule has 152 valence electrons. The van der Waals surface area contributed by atoms with Gasteiger partial charge in [-0.25, -0.2) is 0 Å². The molecule has 0 N–H and O–H groups in total. The highest BCUT2D eigenvalue weighted by molar-refractivity contribution is 6.14. The van der Waals surface area contributed by atoms with Crippen LogP contribution in [-0.4, -0.2) is 18.0 Å². The molecular weight excluding hydrogens is 374 g/mol. The SMILES string of the molecule is CC(C)C(=O)[C@H](C(=O)N(c1ccccc1)c1ccccc1)[C@@H](C=O)c1ccccc1. The standard InChI is InChI=1S/C26H25NO3/c1-19(2)25(29)24(23(18-28)20-12-6-3-7-13-20)26(30)27(21-14-8-4-9-15-21)22-16-10-5-11-17-22/h3-19,23-24H,1-2H3/t23-,24+/m0/s1. The minimum Gasteiger partial charge on any atom is -0.303 e. The minimum absolute atomic E-state index is 0.252. The van der Waals surface area contributed by atoms with Gasteiger partial charge >= 0.3 is 0 Å². The second kappa shape index (κ2) is 9.79. The van der Waals surface area contributed by atoms with Crippen LogP contribution < -0.4 is 4.90 Å². The van der Waals surface area contributed by atoms with Crippen molar-refractivity contribution in [2.24, 2.45) is 11.8 Å². The van der Waals surface area contributed by atoms with Crippen molar-refractivity contribution in [3.63, 3.8) is 0 Å². The lowest BCUT2D eigenvalue weighted by molar-refractivity contribution is -0.136. The van der Waals surface area contributed by atoms with E-state index in [1.165, 1.54) is 4.90 Å². The quantitative estimate of drug-likeness (QED) is 0.388. The summed E-state index contributed by atoms with van der Waals surface area (Å²) >= 11 is 0. The van der Waals surface area contributed by atoms with Crippen LogP contribution in [0.5, 0.6) is 0 Å². The van der Waals surface area contributed by atoms with E-state index >= 15 is 0 Å². The maximum absolute atomic E-state index is 13.9. The lowest BCUT2D eigenvalue weighted by Crippen LogP contribution is -2.42. The second-order valence-electron chi connectivity index (χ2n) is 7.45. The zero-order valence-electron chi connectivity index (χ0n) is 17.1. The summed E-state index contributed by atoms with van der Waals surface area (Å²) in [5.74, 6) is -3.03. The van der Waals surface area contributed by atoms with Gasteiger partial charge in [0.25, 0.3) is 0 Å². The van der Waals surface area contributed by atoms with Crippen LogP contribution >= 0.6 is 0 Å². The summed E-state index contributed by atoms with van der Waals surface area (Å²) in [6.45, 7) is 3.51. The molecule has 0 heterocycles. The molecule has 4 nitrogen and oxygen atoms in total. The van der Waals surface area contributed by atoms with E-state index in [0.717, 1.165) is 0 Å². The fourth-order valence-corrected chi connectivity index (χ4v) is 3.53. The van der Waals surface area contributed by atoms with Crippen LogP contribution in [0.1, 0.15) is 25.3 Å². The van der Waals surface area contributed by atoms with Crippen LogP contribution in [0.25, 0.3) is 0 Å². The van der Waals surface area contributed by atoms with Crippen LogP contribution in [0, 0.1) is 11.8 Å². The molecule has 0 saturated heterocycles. The average Bonchev–Trinajstić information content (AvgIpc) is 2.79. The molecule has 0 aliphatic rings. The van der Waals surface area contributed by atoms with Crippen LogP contribution in [0.15, 0.2) is 91.0 Å². The molecule has 1 amide bonds. The highest BCUT2D eigenvalue weighted by Crippen LogP contribution is 2.33. The Hall–Kier alpha value is -3.53. The summed E-state index contributed by atoms with van der Waals surface area (Å²) in [4.78, 5) is 40.8. The first-order valence-electron chi connectivity index (χ1n) is 10.0. The van der Waals surface area contributed by atoms with Gasteiger partial charge in [-0.1, -0.05) is 80.6 Å². The molecule has 0 radical (unpaired) electrons. The third kappa shape index (κ3) is 4.54. The number of carbonyl (C=O) groups is 3. The van der Waals surface area contributed by atoms with Crippen molar-refractivity contribution in [3.05, 3.63) is 96.6 Å². The molecule has 0 saturated carbocycles. The molecule has 0 bridgehead atoms. The third-order valence-electron chi connectivity index (χ3n) is 5.08. The van der Waals surface area contributed by atoms with Gasteiger partial charge in [-0.05, 0) is 29.8 Å². The number of hydrogen-bond acceptors (Lipinski definition) is 3. The number of Topliss-reactive ketones (excluding diaryl/α,β-unsaturated/α-hetero) is 1. The van der Waals surface area contributed by atoms with Gasteiger partial charge in [0, 0.05) is 17.3 Å². The number of carbonyl (C=O) groups excluding carboxylic acids is 3. The molecule has 3 rings (SSSR count). The van der Waals surface area contributed by atoms with E-state index in [1.54, 1.807) is 38.1 Å². The number of amides is 1. The highest BCUT2D eigenvalue weighted by atomic mass is 16.2. The van der Waals surface area contributed by atoms with E-state index in [2.05, 4.69) is 0 Å². The van der Waals surface area contributed by atoms with Crippen molar-refractivity contribution in [1.82, 2.24) is 0 Å². The Morgan fingerprint density at radius 3 is 1.57 bits per heavy atom. The van der Waals surface area contributed by atoms with E-state index in [9.17, 15) is 14.4 Å². The van der Waals surface area contributed by atoms with Gasteiger partial charge in [-0.3, -0.25) is 14.5 Å². The Bertz CT molecular complexity index is 945. The zero-order valence-corrected chi connectivity index (χ0v) is 17.1. The second-order valence-corrected chi connectivity index (χ2v) is 7.45. The number of ketones is 1. The monoisotopic (exact) mass is 399 g/mol. The van der Waals surface area contributed by atoms with Gasteiger partial charge < -0.3 is 4.79 Å². The van der Waals surface area contributed by atoms with Gasteiger partial charge in [0.2, 0.25) is 5.91 Å². The predicted molar refractivity (Wildman–Crippen MR) is 119 cm³/mol. The molecule has 0 aliphatic heterocycles. The van der Waals surface area contributed by atoms with E-state index in [-0.39, 0.29) is 5.78 Å². The van der Waals surface area contributed by atoms with Gasteiger partial charge in [-0.15, -0.1) is 0 Å². The third-order valence-corrected chi connectivity index (χ3v) is 5.08. The summed E-state index contributed by atoms with van der Waals surface area (Å²) < 4.78 is 0. The van der Waals surface area contributed by atoms with Crippen molar-refractivity contribution in [2.45, 2.75) is 19.8 Å². The Kier molecular flexibility index (Phi) is 6.91. The first-order valence-corrected chi connectivity index (χ1v) is 10.0. The van der Waals surface area contributed by atoms with E-state index in [4.69, 9.17) is 0 Å². The number of nitrogens with zero attached hydrogens (tertiary/aromatic N) is 1. The minimum atomic E-state index is -1.12. The molecule has 2 atom stereocenters.